The van der Waals surface area contributed by atoms with Crippen LogP contribution in [0.1, 0.15) is 34.1 Å². The smallest absolute Gasteiger partial charge is 0.0768 e. The summed E-state index contributed by atoms with van der Waals surface area (Å²) in [7, 11) is 2.08. The molecule has 0 spiro atoms. The number of hydrogen-bond acceptors (Lipinski definition) is 3. The summed E-state index contributed by atoms with van der Waals surface area (Å²) >= 11 is 0. The van der Waals surface area contributed by atoms with E-state index in [1.165, 1.54) is 0 Å². The lowest BCUT2D eigenvalue weighted by molar-refractivity contribution is -0.0290. The Kier molecular flexibility index (Phi) is 4.15. The van der Waals surface area contributed by atoms with E-state index in [0.717, 1.165) is 13.0 Å². The van der Waals surface area contributed by atoms with Gasteiger partial charge in [0.1, 0.15) is 0 Å². The van der Waals surface area contributed by atoms with Crippen molar-refractivity contribution in [2.24, 2.45) is 5.92 Å². The van der Waals surface area contributed by atoms with Crippen LogP contribution in [0.4, 0.5) is 0 Å². The molecular formula is C12H25NO2. The highest BCUT2D eigenvalue weighted by Crippen LogP contribution is 2.23. The minimum absolute atomic E-state index is 0.276. The molecule has 3 nitrogen and oxygen atoms in total. The Hall–Kier alpha value is -0.120. The lowest BCUT2D eigenvalue weighted by Gasteiger charge is -2.36. The van der Waals surface area contributed by atoms with Crippen LogP contribution in [0.25, 0.3) is 0 Å². The Bertz CT molecular complexity index is 204. The standard InChI is InChI=1S/C12H25NO2/c1-9(2)12(4,14)8-13(5)11-6-7-15-10(11)3/h9-11,14H,6-8H2,1-5H3. The average Bonchev–Trinajstić information content (AvgIpc) is 2.50. The van der Waals surface area contributed by atoms with E-state index in [9.17, 15) is 5.11 Å². The molecule has 1 saturated heterocycles. The van der Waals surface area contributed by atoms with Crippen molar-refractivity contribution in [3.8, 4) is 0 Å². The van der Waals surface area contributed by atoms with Crippen LogP contribution in [0.15, 0.2) is 0 Å². The molecule has 0 amide bonds. The molecule has 15 heavy (non-hydrogen) atoms. The number of rotatable bonds is 4. The summed E-state index contributed by atoms with van der Waals surface area (Å²) < 4.78 is 5.54. The topological polar surface area (TPSA) is 32.7 Å². The molecule has 0 aromatic heterocycles. The van der Waals surface area contributed by atoms with Gasteiger partial charge in [0.15, 0.2) is 0 Å². The lowest BCUT2D eigenvalue weighted by atomic mass is 9.91. The zero-order chi connectivity index (χ0) is 11.6. The summed E-state index contributed by atoms with van der Waals surface area (Å²) in [5.41, 5.74) is -0.614. The van der Waals surface area contributed by atoms with Gasteiger partial charge < -0.3 is 9.84 Å². The highest BCUT2D eigenvalue weighted by atomic mass is 16.5. The third-order valence-electron chi connectivity index (χ3n) is 3.72. The summed E-state index contributed by atoms with van der Waals surface area (Å²) in [6.07, 6.45) is 1.37. The molecule has 1 aliphatic rings. The zero-order valence-electron chi connectivity index (χ0n) is 10.7. The molecule has 1 aliphatic heterocycles. The highest BCUT2D eigenvalue weighted by Gasteiger charge is 2.33. The van der Waals surface area contributed by atoms with Crippen LogP contribution in [0, 0.1) is 5.92 Å². The summed E-state index contributed by atoms with van der Waals surface area (Å²) in [6, 6.07) is 0.454. The number of ether oxygens (including phenoxy) is 1. The molecule has 0 saturated carbocycles. The fourth-order valence-corrected chi connectivity index (χ4v) is 2.10. The summed E-state index contributed by atoms with van der Waals surface area (Å²) in [5.74, 6) is 0.276. The molecule has 3 atom stereocenters. The van der Waals surface area contributed by atoms with Crippen molar-refractivity contribution in [1.29, 1.82) is 0 Å². The average molecular weight is 215 g/mol. The van der Waals surface area contributed by atoms with Crippen LogP contribution in [-0.2, 0) is 4.74 Å². The van der Waals surface area contributed by atoms with Gasteiger partial charge in [-0.25, -0.2) is 0 Å². The maximum absolute atomic E-state index is 10.2. The molecule has 1 fully saturated rings. The molecule has 3 unspecified atom stereocenters. The van der Waals surface area contributed by atoms with E-state index in [-0.39, 0.29) is 12.0 Å². The second-order valence-corrected chi connectivity index (χ2v) is 5.36. The van der Waals surface area contributed by atoms with Gasteiger partial charge in [0.2, 0.25) is 0 Å². The van der Waals surface area contributed by atoms with E-state index >= 15 is 0 Å². The Morgan fingerprint density at radius 1 is 1.53 bits per heavy atom. The quantitative estimate of drug-likeness (QED) is 0.771. The monoisotopic (exact) mass is 215 g/mol. The van der Waals surface area contributed by atoms with Crippen molar-refractivity contribution < 1.29 is 9.84 Å². The Labute approximate surface area is 93.4 Å². The third kappa shape index (κ3) is 3.16. The first-order valence-electron chi connectivity index (χ1n) is 5.89. The molecule has 90 valence electrons. The van der Waals surface area contributed by atoms with Gasteiger partial charge in [-0.3, -0.25) is 4.90 Å². The molecule has 3 heteroatoms. The molecule has 1 N–H and O–H groups in total. The summed E-state index contributed by atoms with van der Waals surface area (Å²) in [5, 5.41) is 10.2. The van der Waals surface area contributed by atoms with Gasteiger partial charge in [0.05, 0.1) is 11.7 Å². The van der Waals surface area contributed by atoms with Crippen LogP contribution < -0.4 is 0 Å². The van der Waals surface area contributed by atoms with Crippen LogP contribution in [0.3, 0.4) is 0 Å². The number of hydrogen-bond donors (Lipinski definition) is 1. The van der Waals surface area contributed by atoms with E-state index in [1.54, 1.807) is 0 Å². The second-order valence-electron chi connectivity index (χ2n) is 5.36. The minimum atomic E-state index is -0.614. The first-order chi connectivity index (χ1) is 6.84. The predicted molar refractivity (Wildman–Crippen MR) is 61.9 cm³/mol. The largest absolute Gasteiger partial charge is 0.389 e. The Morgan fingerprint density at radius 3 is 2.53 bits per heavy atom. The molecule has 0 aromatic rings. The van der Waals surface area contributed by atoms with Crippen molar-refractivity contribution in [1.82, 2.24) is 4.90 Å². The van der Waals surface area contributed by atoms with Crippen molar-refractivity contribution in [3.05, 3.63) is 0 Å². The number of likely N-dealkylation sites (N-methyl/N-ethyl adjacent to an activating group) is 1. The normalized spacial score (nSPS) is 31.2. The molecule has 0 aliphatic carbocycles. The van der Waals surface area contributed by atoms with E-state index < -0.39 is 5.60 Å². The molecule has 0 radical (unpaired) electrons. The maximum atomic E-state index is 10.2. The van der Waals surface area contributed by atoms with Gasteiger partial charge >= 0.3 is 0 Å². The number of aliphatic hydroxyl groups is 1. The zero-order valence-corrected chi connectivity index (χ0v) is 10.7. The van der Waals surface area contributed by atoms with Gasteiger partial charge in [-0.2, -0.15) is 0 Å². The van der Waals surface area contributed by atoms with Crippen LogP contribution >= 0.6 is 0 Å². The first kappa shape index (κ1) is 12.9. The van der Waals surface area contributed by atoms with Crippen molar-refractivity contribution in [3.63, 3.8) is 0 Å². The summed E-state index contributed by atoms with van der Waals surface area (Å²) in [6.45, 7) is 9.70. The first-order valence-corrected chi connectivity index (χ1v) is 5.89. The molecule has 0 bridgehead atoms. The minimum Gasteiger partial charge on any atom is -0.389 e. The fraction of sp³-hybridized carbons (Fsp3) is 1.00. The molecule has 1 heterocycles. The van der Waals surface area contributed by atoms with E-state index in [2.05, 4.69) is 32.7 Å². The van der Waals surface area contributed by atoms with Crippen molar-refractivity contribution in [2.45, 2.75) is 51.9 Å². The van der Waals surface area contributed by atoms with E-state index in [0.29, 0.717) is 12.6 Å². The second kappa shape index (κ2) is 4.81. The highest BCUT2D eigenvalue weighted by molar-refractivity contribution is 4.86. The SMILES string of the molecule is CC1OCCC1N(C)CC(C)(O)C(C)C. The van der Waals surface area contributed by atoms with Gasteiger partial charge in [-0.05, 0) is 33.2 Å². The van der Waals surface area contributed by atoms with Crippen LogP contribution in [0.5, 0.6) is 0 Å². The van der Waals surface area contributed by atoms with Crippen molar-refractivity contribution >= 4 is 0 Å². The van der Waals surface area contributed by atoms with Gasteiger partial charge in [-0.1, -0.05) is 13.8 Å². The summed E-state index contributed by atoms with van der Waals surface area (Å²) in [4.78, 5) is 2.23. The van der Waals surface area contributed by atoms with Gasteiger partial charge in [0, 0.05) is 19.2 Å². The van der Waals surface area contributed by atoms with Crippen LogP contribution in [0.2, 0.25) is 0 Å². The molecule has 1 rings (SSSR count). The predicted octanol–water partition coefficient (Wildman–Crippen LogP) is 1.50. The number of nitrogens with zero attached hydrogens (tertiary/aromatic N) is 1. The third-order valence-corrected chi connectivity index (χ3v) is 3.72. The van der Waals surface area contributed by atoms with Gasteiger partial charge in [0.25, 0.3) is 0 Å². The van der Waals surface area contributed by atoms with Crippen LogP contribution in [-0.4, -0.2) is 48.0 Å². The lowest BCUT2D eigenvalue weighted by Crippen LogP contribution is -2.48. The Morgan fingerprint density at radius 2 is 2.13 bits per heavy atom. The molecular weight excluding hydrogens is 190 g/mol. The van der Waals surface area contributed by atoms with Gasteiger partial charge in [-0.15, -0.1) is 0 Å². The van der Waals surface area contributed by atoms with E-state index in [4.69, 9.17) is 4.74 Å². The fourth-order valence-electron chi connectivity index (χ4n) is 2.10. The maximum Gasteiger partial charge on any atom is 0.0768 e. The Balaban J connectivity index is 2.51. The van der Waals surface area contributed by atoms with E-state index in [1.807, 2.05) is 6.92 Å². The molecule has 0 aromatic carbocycles. The van der Waals surface area contributed by atoms with Crippen molar-refractivity contribution in [2.75, 3.05) is 20.2 Å².